The molecule has 1 aliphatic carbocycles. The van der Waals surface area contributed by atoms with Crippen LogP contribution >= 0.6 is 11.6 Å². The summed E-state index contributed by atoms with van der Waals surface area (Å²) in [7, 11) is 0. The van der Waals surface area contributed by atoms with Crippen molar-refractivity contribution in [2.45, 2.75) is 38.3 Å². The van der Waals surface area contributed by atoms with Crippen molar-refractivity contribution in [2.24, 2.45) is 5.92 Å². The van der Waals surface area contributed by atoms with E-state index in [1.807, 2.05) is 0 Å². The number of carboxylic acid groups (broad SMARTS) is 1. The van der Waals surface area contributed by atoms with Gasteiger partial charge < -0.3 is 10.4 Å². The lowest BCUT2D eigenvalue weighted by Gasteiger charge is -2.27. The fourth-order valence-corrected chi connectivity index (χ4v) is 2.76. The molecule has 104 valence electrons. The summed E-state index contributed by atoms with van der Waals surface area (Å²) in [5.41, 5.74) is 0.811. The van der Waals surface area contributed by atoms with Crippen LogP contribution in [-0.4, -0.2) is 17.1 Å². The molecule has 5 heteroatoms. The lowest BCUT2D eigenvalue weighted by molar-refractivity contribution is -0.142. The van der Waals surface area contributed by atoms with Crippen LogP contribution in [0.4, 0.5) is 4.39 Å². The van der Waals surface area contributed by atoms with Crippen LogP contribution in [0, 0.1) is 11.7 Å². The van der Waals surface area contributed by atoms with E-state index < -0.39 is 5.97 Å². The van der Waals surface area contributed by atoms with Gasteiger partial charge in [0.2, 0.25) is 0 Å². The Morgan fingerprint density at radius 3 is 2.58 bits per heavy atom. The van der Waals surface area contributed by atoms with Crippen molar-refractivity contribution < 1.29 is 14.3 Å². The average Bonchev–Trinajstić information content (AvgIpc) is 2.36. The van der Waals surface area contributed by atoms with Crippen LogP contribution in [-0.2, 0) is 11.3 Å². The average molecular weight is 286 g/mol. The third-order valence-corrected chi connectivity index (χ3v) is 3.81. The SMILES string of the molecule is O=C(O)C1CCC(NCc2cc(F)cc(Cl)c2)CC1. The third kappa shape index (κ3) is 4.18. The molecule has 1 aliphatic rings. The Labute approximate surface area is 116 Å². The minimum absolute atomic E-state index is 0.207. The molecule has 0 atom stereocenters. The third-order valence-electron chi connectivity index (χ3n) is 3.59. The minimum Gasteiger partial charge on any atom is -0.481 e. The highest BCUT2D eigenvalue weighted by atomic mass is 35.5. The van der Waals surface area contributed by atoms with Crippen molar-refractivity contribution in [3.05, 3.63) is 34.6 Å². The molecule has 2 rings (SSSR count). The molecule has 0 radical (unpaired) electrons. The zero-order valence-electron chi connectivity index (χ0n) is 10.5. The Morgan fingerprint density at radius 1 is 1.32 bits per heavy atom. The van der Waals surface area contributed by atoms with E-state index in [1.165, 1.54) is 12.1 Å². The molecule has 3 nitrogen and oxygen atoms in total. The molecule has 0 bridgehead atoms. The molecule has 0 heterocycles. The maximum atomic E-state index is 13.2. The maximum Gasteiger partial charge on any atom is 0.306 e. The topological polar surface area (TPSA) is 49.3 Å². The lowest BCUT2D eigenvalue weighted by atomic mass is 9.86. The first kappa shape index (κ1) is 14.3. The van der Waals surface area contributed by atoms with Crippen LogP contribution in [0.1, 0.15) is 31.2 Å². The van der Waals surface area contributed by atoms with Gasteiger partial charge in [-0.05, 0) is 49.4 Å². The number of carboxylic acids is 1. The van der Waals surface area contributed by atoms with Gasteiger partial charge in [-0.3, -0.25) is 4.79 Å². The van der Waals surface area contributed by atoms with Gasteiger partial charge in [0, 0.05) is 17.6 Å². The first-order chi connectivity index (χ1) is 9.04. The Bertz CT molecular complexity index is 439. The normalized spacial score (nSPS) is 23.3. The standard InChI is InChI=1S/C14H17ClFNO2/c15-11-5-9(6-12(16)7-11)8-17-13-3-1-10(2-4-13)14(18)19/h5-7,10,13,17H,1-4,8H2,(H,18,19). The molecule has 1 saturated carbocycles. The van der Waals surface area contributed by atoms with Crippen molar-refractivity contribution in [3.8, 4) is 0 Å². The van der Waals surface area contributed by atoms with Gasteiger partial charge in [0.05, 0.1) is 5.92 Å². The molecule has 1 aromatic carbocycles. The van der Waals surface area contributed by atoms with Crippen LogP contribution in [0.25, 0.3) is 0 Å². The second kappa shape index (κ2) is 6.35. The van der Waals surface area contributed by atoms with Gasteiger partial charge in [-0.15, -0.1) is 0 Å². The number of carbonyl (C=O) groups is 1. The molecule has 0 aliphatic heterocycles. The number of hydrogen-bond donors (Lipinski definition) is 2. The van der Waals surface area contributed by atoms with Crippen LogP contribution in [0.3, 0.4) is 0 Å². The van der Waals surface area contributed by atoms with Crippen molar-refractivity contribution in [1.29, 1.82) is 0 Å². The second-order valence-electron chi connectivity index (χ2n) is 5.05. The first-order valence-electron chi connectivity index (χ1n) is 6.46. The van der Waals surface area contributed by atoms with Crippen molar-refractivity contribution in [2.75, 3.05) is 0 Å². The summed E-state index contributed by atoms with van der Waals surface area (Å²) >= 11 is 5.79. The van der Waals surface area contributed by atoms with E-state index >= 15 is 0 Å². The van der Waals surface area contributed by atoms with E-state index in [0.717, 1.165) is 18.4 Å². The van der Waals surface area contributed by atoms with Crippen molar-refractivity contribution in [3.63, 3.8) is 0 Å². The smallest absolute Gasteiger partial charge is 0.306 e. The van der Waals surface area contributed by atoms with Crippen LogP contribution < -0.4 is 5.32 Å². The highest BCUT2D eigenvalue weighted by Gasteiger charge is 2.25. The van der Waals surface area contributed by atoms with E-state index in [9.17, 15) is 9.18 Å². The van der Waals surface area contributed by atoms with E-state index in [4.69, 9.17) is 16.7 Å². The highest BCUT2D eigenvalue weighted by molar-refractivity contribution is 6.30. The predicted octanol–water partition coefficient (Wildman–Crippen LogP) is 3.21. The summed E-state index contributed by atoms with van der Waals surface area (Å²) in [5, 5.41) is 12.6. The Balaban J connectivity index is 1.82. The summed E-state index contributed by atoms with van der Waals surface area (Å²) < 4.78 is 13.2. The number of aliphatic carboxylic acids is 1. The van der Waals surface area contributed by atoms with Gasteiger partial charge in [0.25, 0.3) is 0 Å². The minimum atomic E-state index is -0.699. The second-order valence-corrected chi connectivity index (χ2v) is 5.48. The Hall–Kier alpha value is -1.13. The van der Waals surface area contributed by atoms with E-state index in [2.05, 4.69) is 5.32 Å². The van der Waals surface area contributed by atoms with E-state index in [0.29, 0.717) is 30.5 Å². The van der Waals surface area contributed by atoms with Gasteiger partial charge in [0.15, 0.2) is 0 Å². The lowest BCUT2D eigenvalue weighted by Crippen LogP contribution is -2.34. The van der Waals surface area contributed by atoms with Gasteiger partial charge in [-0.2, -0.15) is 0 Å². The number of rotatable bonds is 4. The van der Waals surface area contributed by atoms with Crippen LogP contribution in [0.15, 0.2) is 18.2 Å². The Morgan fingerprint density at radius 2 is 2.00 bits per heavy atom. The molecule has 19 heavy (non-hydrogen) atoms. The molecular formula is C14H17ClFNO2. The molecule has 1 aromatic rings. The zero-order chi connectivity index (χ0) is 13.8. The van der Waals surface area contributed by atoms with Gasteiger partial charge in [-0.1, -0.05) is 11.6 Å². The van der Waals surface area contributed by atoms with Gasteiger partial charge >= 0.3 is 5.97 Å². The summed E-state index contributed by atoms with van der Waals surface area (Å²) in [6.45, 7) is 0.555. The number of hydrogen-bond acceptors (Lipinski definition) is 2. The summed E-state index contributed by atoms with van der Waals surface area (Å²) in [6, 6.07) is 4.78. The first-order valence-corrected chi connectivity index (χ1v) is 6.83. The maximum absolute atomic E-state index is 13.2. The summed E-state index contributed by atoms with van der Waals surface area (Å²) in [6.07, 6.45) is 3.11. The molecular weight excluding hydrogens is 269 g/mol. The molecule has 0 amide bonds. The quantitative estimate of drug-likeness (QED) is 0.893. The van der Waals surface area contributed by atoms with Gasteiger partial charge in [0.1, 0.15) is 5.82 Å². The molecule has 0 spiro atoms. The van der Waals surface area contributed by atoms with Crippen molar-refractivity contribution in [1.82, 2.24) is 5.32 Å². The van der Waals surface area contributed by atoms with Crippen LogP contribution in [0.5, 0.6) is 0 Å². The molecule has 0 aromatic heterocycles. The van der Waals surface area contributed by atoms with Crippen molar-refractivity contribution >= 4 is 17.6 Å². The highest BCUT2D eigenvalue weighted by Crippen LogP contribution is 2.24. The number of nitrogens with one attached hydrogen (secondary N) is 1. The molecule has 2 N–H and O–H groups in total. The molecule has 0 unspecified atom stereocenters. The predicted molar refractivity (Wildman–Crippen MR) is 71.6 cm³/mol. The molecule has 1 fully saturated rings. The number of halogens is 2. The largest absolute Gasteiger partial charge is 0.481 e. The fourth-order valence-electron chi connectivity index (χ4n) is 2.52. The summed E-state index contributed by atoms with van der Waals surface area (Å²) in [4.78, 5) is 10.8. The van der Waals surface area contributed by atoms with E-state index in [1.54, 1.807) is 6.07 Å². The Kier molecular flexibility index (Phi) is 4.77. The van der Waals surface area contributed by atoms with E-state index in [-0.39, 0.29) is 11.7 Å². The number of benzene rings is 1. The molecule has 0 saturated heterocycles. The van der Waals surface area contributed by atoms with Gasteiger partial charge in [-0.25, -0.2) is 4.39 Å². The zero-order valence-corrected chi connectivity index (χ0v) is 11.3. The monoisotopic (exact) mass is 285 g/mol. The van der Waals surface area contributed by atoms with Crippen LogP contribution in [0.2, 0.25) is 5.02 Å². The summed E-state index contributed by atoms with van der Waals surface area (Å²) in [5.74, 6) is -1.24. The fraction of sp³-hybridized carbons (Fsp3) is 0.500.